The summed E-state index contributed by atoms with van der Waals surface area (Å²) in [7, 11) is 0. The van der Waals surface area contributed by atoms with Gasteiger partial charge in [-0.15, -0.1) is 0 Å². The van der Waals surface area contributed by atoms with Gasteiger partial charge in [-0.2, -0.15) is 0 Å². The molecule has 2 unspecified atom stereocenters. The highest BCUT2D eigenvalue weighted by Gasteiger charge is 2.16. The lowest BCUT2D eigenvalue weighted by atomic mass is 10.4. The topological polar surface area (TPSA) is 79.8 Å². The molecule has 15 heavy (non-hydrogen) atoms. The normalized spacial score (nSPS) is 13.9. The molecule has 0 aliphatic carbocycles. The molecule has 0 saturated heterocycles. The number of hydrogen-bond donors (Lipinski definition) is 1. The number of hydrogen-bond acceptors (Lipinski definition) is 5. The van der Waals surface area contributed by atoms with Crippen molar-refractivity contribution in [2.45, 2.75) is 39.4 Å². The first-order valence-electron chi connectivity index (χ1n) is 4.67. The molecular weight excluding hydrogens is 205 g/mol. The van der Waals surface area contributed by atoms with Gasteiger partial charge in [0.05, 0.1) is 12.7 Å². The molecule has 0 aromatic carbocycles. The predicted molar refractivity (Wildman–Crippen MR) is 53.3 cm³/mol. The van der Waals surface area contributed by atoms with E-state index in [2.05, 4.69) is 4.94 Å². The van der Waals surface area contributed by atoms with Crippen molar-refractivity contribution in [1.29, 1.82) is 0 Å². The molecule has 6 heteroatoms. The third-order valence-corrected chi connectivity index (χ3v) is 1.60. The quantitative estimate of drug-likeness (QED) is 0.714. The third-order valence-electron chi connectivity index (χ3n) is 1.60. The number of carbonyl (C=O) groups is 1. The largest absolute Gasteiger partial charge is 0.376 e. The zero-order chi connectivity index (χ0) is 11.0. The fourth-order valence-electron chi connectivity index (χ4n) is 0.778. The molecule has 0 radical (unpaired) electrons. The third kappa shape index (κ3) is 8.29. The Balaban J connectivity index is 0. The van der Waals surface area contributed by atoms with Gasteiger partial charge in [0.2, 0.25) is 0 Å². The molecule has 0 saturated carbocycles. The van der Waals surface area contributed by atoms with Gasteiger partial charge in [0.25, 0.3) is 0 Å². The van der Waals surface area contributed by atoms with E-state index in [9.17, 15) is 9.32 Å². The summed E-state index contributed by atoms with van der Waals surface area (Å²) in [5, 5.41) is 0. The summed E-state index contributed by atoms with van der Waals surface area (Å²) in [6.07, 6.45) is -0.0793. The second-order valence-corrected chi connectivity index (χ2v) is 3.05. The highest BCUT2D eigenvalue weighted by Crippen LogP contribution is 1.99. The molecule has 0 aliphatic rings. The van der Waals surface area contributed by atoms with Gasteiger partial charge < -0.3 is 15.6 Å². The van der Waals surface area contributed by atoms with Gasteiger partial charge in [-0.1, -0.05) is 6.92 Å². The molecule has 0 spiro atoms. The summed E-state index contributed by atoms with van der Waals surface area (Å²) < 4.78 is 21.7. The van der Waals surface area contributed by atoms with Gasteiger partial charge in [0.15, 0.2) is 6.10 Å². The highest BCUT2D eigenvalue weighted by atomic mass is 19.3. The van der Waals surface area contributed by atoms with Gasteiger partial charge in [-0.3, -0.25) is 4.94 Å². The second-order valence-electron chi connectivity index (χ2n) is 3.05. The smallest absolute Gasteiger partial charge is 0.376 e. The lowest BCUT2D eigenvalue weighted by molar-refractivity contribution is -0.197. The van der Waals surface area contributed by atoms with E-state index in [0.29, 0.717) is 6.61 Å². The fraction of sp³-hybridized carbons (Fsp3) is 0.889. The van der Waals surface area contributed by atoms with Crippen molar-refractivity contribution in [1.82, 2.24) is 6.15 Å². The van der Waals surface area contributed by atoms with E-state index in [4.69, 9.17) is 9.47 Å². The standard InChI is InChI=1S/C9H17FO4.H3N/c1-4-5-12-7(2)6-13-8(3)9(11)14-10;/h7-8H,4-6H2,1-3H3;1H3. The van der Waals surface area contributed by atoms with Gasteiger partial charge in [0.1, 0.15) is 0 Å². The maximum absolute atomic E-state index is 11.4. The lowest BCUT2D eigenvalue weighted by Gasteiger charge is -2.14. The van der Waals surface area contributed by atoms with Crippen LogP contribution in [0.1, 0.15) is 27.2 Å². The first kappa shape index (κ1) is 16.7. The first-order chi connectivity index (χ1) is 6.61. The number of ether oxygens (including phenoxy) is 2. The molecule has 0 aromatic heterocycles. The van der Waals surface area contributed by atoms with E-state index >= 15 is 0 Å². The van der Waals surface area contributed by atoms with Crippen molar-refractivity contribution in [3.63, 3.8) is 0 Å². The summed E-state index contributed by atoms with van der Waals surface area (Å²) in [6.45, 7) is 6.14. The summed E-state index contributed by atoms with van der Waals surface area (Å²) >= 11 is 0. The van der Waals surface area contributed by atoms with Crippen LogP contribution in [0.3, 0.4) is 0 Å². The van der Waals surface area contributed by atoms with Crippen molar-refractivity contribution in [2.75, 3.05) is 13.2 Å². The predicted octanol–water partition coefficient (Wildman–Crippen LogP) is 1.80. The van der Waals surface area contributed by atoms with Gasteiger partial charge >= 0.3 is 5.97 Å². The van der Waals surface area contributed by atoms with Crippen LogP contribution >= 0.6 is 0 Å². The minimum absolute atomic E-state index is 0. The van der Waals surface area contributed by atoms with Crippen LogP contribution in [0.25, 0.3) is 0 Å². The van der Waals surface area contributed by atoms with Crippen molar-refractivity contribution >= 4 is 5.97 Å². The summed E-state index contributed by atoms with van der Waals surface area (Å²) in [4.78, 5) is 13.6. The van der Waals surface area contributed by atoms with Crippen LogP contribution < -0.4 is 6.15 Å². The second kappa shape index (κ2) is 9.82. The highest BCUT2D eigenvalue weighted by molar-refractivity contribution is 5.73. The average Bonchev–Trinajstić information content (AvgIpc) is 2.21. The SMILES string of the molecule is CCCOC(C)COC(C)C(=O)OF.N. The Morgan fingerprint density at radius 2 is 1.93 bits per heavy atom. The Kier molecular flexibility index (Phi) is 10.9. The van der Waals surface area contributed by atoms with Crippen molar-refractivity contribution in [3.05, 3.63) is 0 Å². The molecular formula is C9H20FNO4. The van der Waals surface area contributed by atoms with Gasteiger partial charge in [-0.05, 0) is 20.3 Å². The minimum atomic E-state index is -1.02. The lowest BCUT2D eigenvalue weighted by Crippen LogP contribution is -2.26. The average molecular weight is 225 g/mol. The summed E-state index contributed by atoms with van der Waals surface area (Å²) in [6, 6.07) is 0. The van der Waals surface area contributed by atoms with E-state index in [1.165, 1.54) is 6.92 Å². The van der Waals surface area contributed by atoms with Crippen LogP contribution in [0.5, 0.6) is 0 Å². The van der Waals surface area contributed by atoms with Crippen LogP contribution in [0.4, 0.5) is 4.53 Å². The van der Waals surface area contributed by atoms with E-state index in [1.807, 2.05) is 13.8 Å². The molecule has 0 bridgehead atoms. The minimum Gasteiger partial charge on any atom is -0.376 e. The number of rotatable bonds is 7. The monoisotopic (exact) mass is 225 g/mol. The maximum Gasteiger partial charge on any atom is 0.376 e. The van der Waals surface area contributed by atoms with Crippen molar-refractivity contribution in [2.24, 2.45) is 0 Å². The summed E-state index contributed by atoms with van der Waals surface area (Å²) in [5.74, 6) is -1.02. The van der Waals surface area contributed by atoms with Gasteiger partial charge in [0, 0.05) is 11.1 Å². The van der Waals surface area contributed by atoms with E-state index < -0.39 is 12.1 Å². The van der Waals surface area contributed by atoms with E-state index in [-0.39, 0.29) is 18.9 Å². The Morgan fingerprint density at radius 3 is 2.40 bits per heavy atom. The van der Waals surface area contributed by atoms with Gasteiger partial charge in [-0.25, -0.2) is 4.79 Å². The Labute approximate surface area is 89.4 Å². The summed E-state index contributed by atoms with van der Waals surface area (Å²) in [5.41, 5.74) is 0. The zero-order valence-electron chi connectivity index (χ0n) is 9.49. The van der Waals surface area contributed by atoms with E-state index in [0.717, 1.165) is 6.42 Å². The Hall–Kier alpha value is -0.720. The van der Waals surface area contributed by atoms with E-state index in [1.54, 1.807) is 0 Å². The number of carbonyl (C=O) groups excluding carboxylic acids is 1. The molecule has 0 heterocycles. The van der Waals surface area contributed by atoms with Crippen LogP contribution in [0, 0.1) is 0 Å². The molecule has 0 aliphatic heterocycles. The van der Waals surface area contributed by atoms with Crippen LogP contribution in [0.2, 0.25) is 0 Å². The maximum atomic E-state index is 11.4. The first-order valence-corrected chi connectivity index (χ1v) is 4.67. The molecule has 0 amide bonds. The molecule has 0 fully saturated rings. The molecule has 0 aromatic rings. The van der Waals surface area contributed by atoms with Crippen molar-refractivity contribution < 1.29 is 23.7 Å². The van der Waals surface area contributed by atoms with Crippen LogP contribution in [-0.2, 0) is 19.2 Å². The fourth-order valence-corrected chi connectivity index (χ4v) is 0.778. The zero-order valence-corrected chi connectivity index (χ0v) is 9.49. The Bertz CT molecular complexity index is 168. The molecule has 0 rings (SSSR count). The van der Waals surface area contributed by atoms with Crippen LogP contribution in [-0.4, -0.2) is 31.4 Å². The molecule has 3 N–H and O–H groups in total. The van der Waals surface area contributed by atoms with Crippen molar-refractivity contribution in [3.8, 4) is 0 Å². The molecule has 5 nitrogen and oxygen atoms in total. The number of halogens is 1. The van der Waals surface area contributed by atoms with Crippen LogP contribution in [0.15, 0.2) is 0 Å². The molecule has 2 atom stereocenters. The Morgan fingerprint density at radius 1 is 1.33 bits per heavy atom. The molecule has 92 valence electrons.